The van der Waals surface area contributed by atoms with Crippen molar-refractivity contribution >= 4 is 39.6 Å². The highest BCUT2D eigenvalue weighted by Gasteiger charge is 2.04. The van der Waals surface area contributed by atoms with E-state index in [-0.39, 0.29) is 11.9 Å². The van der Waals surface area contributed by atoms with Gasteiger partial charge in [-0.05, 0) is 48.4 Å². The van der Waals surface area contributed by atoms with Crippen LogP contribution in [0.4, 0.5) is 5.69 Å². The highest BCUT2D eigenvalue weighted by atomic mass is 79.9. The Labute approximate surface area is 149 Å². The molecule has 1 amide bonds. The molecule has 0 fully saturated rings. The molecule has 1 N–H and O–H groups in total. The maximum absolute atomic E-state index is 12.0. The fourth-order valence-electron chi connectivity index (χ4n) is 2.03. The van der Waals surface area contributed by atoms with Gasteiger partial charge < -0.3 is 10.1 Å². The molecule has 0 unspecified atom stereocenters. The Kier molecular flexibility index (Phi) is 6.75. The number of carbonyl (C=O) groups is 2. The van der Waals surface area contributed by atoms with Crippen molar-refractivity contribution in [3.8, 4) is 0 Å². The lowest BCUT2D eigenvalue weighted by molar-refractivity contribution is -0.137. The van der Waals surface area contributed by atoms with E-state index < -0.39 is 0 Å². The summed E-state index contributed by atoms with van der Waals surface area (Å²) in [5.74, 6) is -0.448. The summed E-state index contributed by atoms with van der Waals surface area (Å²) in [6, 6.07) is 14.9. The van der Waals surface area contributed by atoms with E-state index in [0.717, 1.165) is 15.6 Å². The molecule has 0 spiro atoms. The van der Waals surface area contributed by atoms with Crippen molar-refractivity contribution in [2.75, 3.05) is 11.9 Å². The van der Waals surface area contributed by atoms with Gasteiger partial charge >= 0.3 is 5.97 Å². The first-order valence-electron chi connectivity index (χ1n) is 7.56. The highest BCUT2D eigenvalue weighted by molar-refractivity contribution is 9.10. The molecule has 24 heavy (non-hydrogen) atoms. The van der Waals surface area contributed by atoms with E-state index in [1.807, 2.05) is 36.4 Å². The molecule has 0 aliphatic heterocycles. The lowest BCUT2D eigenvalue weighted by Crippen LogP contribution is -2.14. The summed E-state index contributed by atoms with van der Waals surface area (Å²) in [6.07, 6.45) is 3.37. The van der Waals surface area contributed by atoms with Crippen LogP contribution in [0.3, 0.4) is 0 Å². The van der Waals surface area contributed by atoms with Crippen molar-refractivity contribution in [1.82, 2.24) is 0 Å². The molecule has 4 nitrogen and oxygen atoms in total. The Balaban J connectivity index is 1.90. The molecule has 0 bridgehead atoms. The second kappa shape index (κ2) is 9.03. The van der Waals surface area contributed by atoms with Crippen LogP contribution in [0.2, 0.25) is 0 Å². The van der Waals surface area contributed by atoms with Crippen LogP contribution in [-0.2, 0) is 20.7 Å². The van der Waals surface area contributed by atoms with Crippen molar-refractivity contribution in [3.63, 3.8) is 0 Å². The van der Waals surface area contributed by atoms with Crippen LogP contribution in [0, 0.1) is 0 Å². The van der Waals surface area contributed by atoms with Gasteiger partial charge in [-0.15, -0.1) is 0 Å². The zero-order valence-corrected chi connectivity index (χ0v) is 14.9. The summed E-state index contributed by atoms with van der Waals surface area (Å²) in [7, 11) is 0. The Hall–Kier alpha value is -2.40. The van der Waals surface area contributed by atoms with Crippen molar-refractivity contribution in [2.45, 2.75) is 13.3 Å². The monoisotopic (exact) mass is 387 g/mol. The van der Waals surface area contributed by atoms with Gasteiger partial charge in [0.25, 0.3) is 0 Å². The number of hydrogen-bond acceptors (Lipinski definition) is 3. The van der Waals surface area contributed by atoms with Crippen LogP contribution in [0.5, 0.6) is 0 Å². The normalized spacial score (nSPS) is 10.6. The minimum Gasteiger partial charge on any atom is -0.463 e. The fraction of sp³-hybridized carbons (Fsp3) is 0.158. The molecule has 2 aromatic carbocycles. The number of anilines is 1. The predicted molar refractivity (Wildman–Crippen MR) is 98.6 cm³/mol. The molecule has 0 saturated heterocycles. The highest BCUT2D eigenvalue weighted by Crippen LogP contribution is 2.13. The van der Waals surface area contributed by atoms with Crippen LogP contribution >= 0.6 is 15.9 Å². The number of amides is 1. The number of hydrogen-bond donors (Lipinski definition) is 1. The topological polar surface area (TPSA) is 55.4 Å². The molecular formula is C19H18BrNO3. The van der Waals surface area contributed by atoms with Gasteiger partial charge in [-0.25, -0.2) is 4.79 Å². The first kappa shape index (κ1) is 17.9. The van der Waals surface area contributed by atoms with Gasteiger partial charge in [0.15, 0.2) is 0 Å². The minimum atomic E-state index is -0.371. The molecule has 5 heteroatoms. The van der Waals surface area contributed by atoms with Gasteiger partial charge in [0, 0.05) is 16.2 Å². The Bertz CT molecular complexity index is 721. The van der Waals surface area contributed by atoms with Crippen LogP contribution in [-0.4, -0.2) is 18.5 Å². The van der Waals surface area contributed by atoms with E-state index in [9.17, 15) is 9.59 Å². The standard InChI is InChI=1S/C19H18BrNO3/c1-2-24-19(23)12-7-14-5-10-17(11-6-14)21-18(22)13-15-3-8-16(20)9-4-15/h3-12H,2,13H2,1H3,(H,21,22)/b12-7+. The number of ether oxygens (including phenoxy) is 1. The van der Waals surface area contributed by atoms with Crippen molar-refractivity contribution in [2.24, 2.45) is 0 Å². The number of rotatable bonds is 6. The summed E-state index contributed by atoms with van der Waals surface area (Å²) in [5, 5.41) is 2.85. The fourth-order valence-corrected chi connectivity index (χ4v) is 2.29. The summed E-state index contributed by atoms with van der Waals surface area (Å²) in [4.78, 5) is 23.3. The molecule has 2 rings (SSSR count). The largest absolute Gasteiger partial charge is 0.463 e. The van der Waals surface area contributed by atoms with Crippen LogP contribution in [0.1, 0.15) is 18.1 Å². The van der Waals surface area contributed by atoms with Gasteiger partial charge in [0.2, 0.25) is 5.91 Å². The second-order valence-electron chi connectivity index (χ2n) is 5.06. The quantitative estimate of drug-likeness (QED) is 0.596. The third kappa shape index (κ3) is 6.01. The van der Waals surface area contributed by atoms with E-state index >= 15 is 0 Å². The molecule has 0 saturated carbocycles. The third-order valence-electron chi connectivity index (χ3n) is 3.17. The minimum absolute atomic E-state index is 0.0767. The number of esters is 1. The maximum Gasteiger partial charge on any atom is 0.330 e. The van der Waals surface area contributed by atoms with Crippen LogP contribution in [0.15, 0.2) is 59.1 Å². The van der Waals surface area contributed by atoms with Crippen molar-refractivity contribution in [3.05, 3.63) is 70.2 Å². The van der Waals surface area contributed by atoms with E-state index in [2.05, 4.69) is 21.2 Å². The summed E-state index contributed by atoms with van der Waals surface area (Å²) < 4.78 is 5.80. The Morgan fingerprint density at radius 1 is 1.08 bits per heavy atom. The summed E-state index contributed by atoms with van der Waals surface area (Å²) in [5.41, 5.74) is 2.52. The summed E-state index contributed by atoms with van der Waals surface area (Å²) >= 11 is 3.37. The third-order valence-corrected chi connectivity index (χ3v) is 3.70. The molecule has 0 aliphatic rings. The lowest BCUT2D eigenvalue weighted by atomic mass is 10.1. The number of benzene rings is 2. The molecule has 0 heterocycles. The number of halogens is 1. The van der Waals surface area contributed by atoms with Gasteiger partial charge in [-0.3, -0.25) is 4.79 Å². The zero-order chi connectivity index (χ0) is 17.4. The van der Waals surface area contributed by atoms with E-state index in [1.165, 1.54) is 6.08 Å². The van der Waals surface area contributed by atoms with E-state index in [0.29, 0.717) is 18.7 Å². The first-order valence-corrected chi connectivity index (χ1v) is 8.35. The lowest BCUT2D eigenvalue weighted by Gasteiger charge is -2.06. The van der Waals surface area contributed by atoms with Crippen LogP contribution < -0.4 is 5.32 Å². The SMILES string of the molecule is CCOC(=O)/C=C/c1ccc(NC(=O)Cc2ccc(Br)cc2)cc1. The molecule has 2 aromatic rings. The Morgan fingerprint density at radius 2 is 1.75 bits per heavy atom. The predicted octanol–water partition coefficient (Wildman–Crippen LogP) is 4.21. The van der Waals surface area contributed by atoms with Crippen molar-refractivity contribution < 1.29 is 14.3 Å². The van der Waals surface area contributed by atoms with Crippen molar-refractivity contribution in [1.29, 1.82) is 0 Å². The number of nitrogens with one attached hydrogen (secondary N) is 1. The van der Waals surface area contributed by atoms with Gasteiger partial charge in [-0.2, -0.15) is 0 Å². The average molecular weight is 388 g/mol. The van der Waals surface area contributed by atoms with Gasteiger partial charge in [-0.1, -0.05) is 40.2 Å². The maximum atomic E-state index is 12.0. The molecule has 0 radical (unpaired) electrons. The summed E-state index contributed by atoms with van der Waals surface area (Å²) in [6.45, 7) is 2.12. The van der Waals surface area contributed by atoms with Gasteiger partial charge in [0.1, 0.15) is 0 Å². The average Bonchev–Trinajstić information content (AvgIpc) is 2.56. The van der Waals surface area contributed by atoms with Gasteiger partial charge in [0.05, 0.1) is 13.0 Å². The zero-order valence-electron chi connectivity index (χ0n) is 13.3. The molecule has 0 aliphatic carbocycles. The molecule has 0 aromatic heterocycles. The van der Waals surface area contributed by atoms with Crippen LogP contribution in [0.25, 0.3) is 6.08 Å². The first-order chi connectivity index (χ1) is 11.6. The molecular weight excluding hydrogens is 370 g/mol. The molecule has 124 valence electrons. The molecule has 0 atom stereocenters. The Morgan fingerprint density at radius 3 is 2.38 bits per heavy atom. The smallest absolute Gasteiger partial charge is 0.330 e. The van der Waals surface area contributed by atoms with E-state index in [4.69, 9.17) is 4.74 Å². The number of carbonyl (C=O) groups excluding carboxylic acids is 2. The second-order valence-corrected chi connectivity index (χ2v) is 5.97. The van der Waals surface area contributed by atoms with E-state index in [1.54, 1.807) is 25.1 Å².